The Kier molecular flexibility index (Phi) is 35.0. The molecule has 3 atom stereocenters. The Balaban J connectivity index is 0.779. The lowest BCUT2D eigenvalue weighted by Gasteiger charge is -2.27. The Labute approximate surface area is 770 Å². The van der Waals surface area contributed by atoms with Crippen molar-refractivity contribution in [2.75, 3.05) is 108 Å². The number of unbranched alkanes of at least 4 members (excludes halogenated alkanes) is 4. The van der Waals surface area contributed by atoms with Gasteiger partial charge in [0.05, 0.1) is 39.8 Å². The standard InChI is InChI=1S/C85H109N15O27S6/c1-6-99-67-33-31-60-62(48-58(130(114,115)116)50-69(60)132(120,121)122)75(67)84(2,3)71(99)19-11-8-12-20-72-85(4,5)76-63-49-59(131(117,118)119)51-70(133(123,124)125)61(63)32-34-68(76)100(72)43-15-9-14-22-74(102)96-64(79(105)87-42-47-129(112,113)98-66(81(108)109)53-95-78(104)55-25-29-57(30-26-55)127-45-40-93-83-90-37-17-38-91-83)18-10-7-13-21-73(101)86-41-46-128(110,111)97-65(80(106)107)52-94-77(103)54-23-27-56(28-24-54)126-44-39-92-82-88-35-16-36-89-82/h8,11-12,19-20,23-34,48-51,64-66,97-98H,6-7,9-10,13-18,21-22,35-47,52-53H2,1-5H3,(H14-,86,87,88,89,90,91,92,93,94,95,96,101,102,103,104,105,106,107,108,109,114,115,116,117,118,119,120,121,122,123,124,125)/p+1/t64?,65-,66-/m0/s1. The minimum absolute atomic E-state index is 0.00545. The first-order valence-corrected chi connectivity index (χ1v) is 51.7. The number of benzene rings is 6. The molecule has 0 saturated carbocycles. The van der Waals surface area contributed by atoms with Crippen LogP contribution in [0.1, 0.15) is 137 Å². The van der Waals surface area contributed by atoms with E-state index in [-0.39, 0.29) is 97.4 Å². The number of carbonyl (C=O) groups is 7. The monoisotopic (exact) mass is 1960 g/mol. The van der Waals surface area contributed by atoms with Gasteiger partial charge in [0.25, 0.3) is 52.3 Å². The van der Waals surface area contributed by atoms with Crippen LogP contribution in [-0.2, 0) is 95.3 Å². The minimum atomic E-state index is -5.14. The van der Waals surface area contributed by atoms with Gasteiger partial charge in [0.2, 0.25) is 43.5 Å². The van der Waals surface area contributed by atoms with Gasteiger partial charge >= 0.3 is 11.9 Å². The lowest BCUT2D eigenvalue weighted by molar-refractivity contribution is -0.433. The van der Waals surface area contributed by atoms with Crippen molar-refractivity contribution in [3.63, 3.8) is 0 Å². The van der Waals surface area contributed by atoms with Crippen molar-refractivity contribution in [2.45, 2.75) is 154 Å². The summed E-state index contributed by atoms with van der Waals surface area (Å²) in [5, 5.41) is 44.9. The summed E-state index contributed by atoms with van der Waals surface area (Å²) in [7, 11) is -29.2. The molecule has 0 saturated heterocycles. The number of allylic oxidation sites excluding steroid dienone is 6. The number of fused-ring (bicyclic) bond motifs is 6. The molecule has 0 aliphatic carbocycles. The number of carboxylic acids is 2. The summed E-state index contributed by atoms with van der Waals surface area (Å²) in [6.45, 7) is 11.6. The second-order valence-electron chi connectivity index (χ2n) is 32.5. The molecule has 0 radical (unpaired) electrons. The molecule has 5 amide bonds. The Morgan fingerprint density at radius 1 is 0.519 bits per heavy atom. The van der Waals surface area contributed by atoms with Crippen molar-refractivity contribution in [1.82, 2.24) is 57.3 Å². The SMILES string of the molecule is CC[N+]1=C(/C=C/C=C/C=C2\N(CCCCCC(=O)NC(CCCCCC(=O)NCCS(=O)(=O)N[C@@H](CNC(=O)c3ccc(OCCNC4=NCCCN4)cc3)C(=O)O)C(=O)NCCS(=O)(=O)N[C@@H](CNC(=O)c3ccc(OCCNC4=NCCCN4)cc3)C(=O)O)c3ccc4c(S(=O)(=O)O)cc(S(=O)(=O)O)cc4c3C2(C)C)C(C)(C)c2c1ccc1c(S(=O)(=O)O)cc(S(=O)(=O)O)cc21. The maximum Gasteiger partial charge on any atom is 0.323 e. The molecule has 0 spiro atoms. The van der Waals surface area contributed by atoms with Crippen molar-refractivity contribution in [2.24, 2.45) is 9.98 Å². The number of nitrogens with one attached hydrogen (secondary N) is 11. The van der Waals surface area contributed by atoms with Gasteiger partial charge in [-0.05, 0) is 167 Å². The molecule has 4 heterocycles. The highest BCUT2D eigenvalue weighted by atomic mass is 32.2. The highest BCUT2D eigenvalue weighted by molar-refractivity contribution is 7.90. The maximum absolute atomic E-state index is 14.1. The first kappa shape index (κ1) is 104. The second kappa shape index (κ2) is 45.0. The van der Waals surface area contributed by atoms with E-state index in [4.69, 9.17) is 9.47 Å². The number of guanidine groups is 2. The third kappa shape index (κ3) is 28.3. The van der Waals surface area contributed by atoms with E-state index in [9.17, 15) is 112 Å². The van der Waals surface area contributed by atoms with E-state index in [0.717, 1.165) is 38.1 Å². The number of carbonyl (C=O) groups excluding carboxylic acids is 5. The number of sulfonamides is 2. The smallest absolute Gasteiger partial charge is 0.323 e. The lowest BCUT2D eigenvalue weighted by Crippen LogP contribution is -2.51. The molecule has 17 N–H and O–H groups in total. The predicted octanol–water partition coefficient (Wildman–Crippen LogP) is 3.64. The predicted molar refractivity (Wildman–Crippen MR) is 493 cm³/mol. The Morgan fingerprint density at radius 3 is 1.47 bits per heavy atom. The Morgan fingerprint density at radius 2 is 1.00 bits per heavy atom. The normalized spacial score (nSPS) is 16.1. The first-order valence-electron chi connectivity index (χ1n) is 42.6. The summed E-state index contributed by atoms with van der Waals surface area (Å²) in [4.78, 5) is 99.2. The van der Waals surface area contributed by atoms with E-state index in [1.165, 1.54) is 60.7 Å². The van der Waals surface area contributed by atoms with E-state index in [1.807, 2.05) is 39.7 Å². The first-order chi connectivity index (χ1) is 62.7. The Bertz CT molecular complexity index is 6330. The third-order valence-electron chi connectivity index (χ3n) is 22.2. The van der Waals surface area contributed by atoms with Crippen LogP contribution in [0, 0.1) is 0 Å². The highest BCUT2D eigenvalue weighted by Crippen LogP contribution is 2.52. The topological polar surface area (TPSA) is 627 Å². The molecule has 48 heteroatoms. The van der Waals surface area contributed by atoms with Crippen LogP contribution in [0.25, 0.3) is 21.5 Å². The summed E-state index contributed by atoms with van der Waals surface area (Å²) >= 11 is 0. The van der Waals surface area contributed by atoms with Crippen LogP contribution in [-0.4, -0.2) is 264 Å². The second-order valence-corrected chi connectivity index (χ2v) is 41.9. The van der Waals surface area contributed by atoms with Crippen LogP contribution in [0.15, 0.2) is 163 Å². The van der Waals surface area contributed by atoms with Crippen molar-refractivity contribution in [3.05, 3.63) is 155 Å². The van der Waals surface area contributed by atoms with Crippen LogP contribution in [0.3, 0.4) is 0 Å². The zero-order chi connectivity index (χ0) is 97.0. The zero-order valence-corrected chi connectivity index (χ0v) is 78.3. The summed E-state index contributed by atoms with van der Waals surface area (Å²) in [5.41, 5.74) is 1.23. The highest BCUT2D eigenvalue weighted by Gasteiger charge is 2.47. The quantitative estimate of drug-likeness (QED) is 0.0112. The molecular weight excluding hydrogens is 1860 g/mol. The fraction of sp³-hybridized carbons (Fsp3) is 0.435. The van der Waals surface area contributed by atoms with Gasteiger partial charge in [-0.15, -0.1) is 0 Å². The van der Waals surface area contributed by atoms with Gasteiger partial charge in [-0.3, -0.25) is 61.8 Å². The molecule has 0 bridgehead atoms. The number of amides is 5. The molecule has 4 aliphatic rings. The van der Waals surface area contributed by atoms with Gasteiger partial charge < -0.3 is 72.4 Å². The molecule has 6 aromatic carbocycles. The van der Waals surface area contributed by atoms with Crippen LogP contribution in [0.2, 0.25) is 0 Å². The largest absolute Gasteiger partial charge is 0.492 e. The van der Waals surface area contributed by atoms with Gasteiger partial charge in [0, 0.05) is 128 Å². The van der Waals surface area contributed by atoms with Crippen LogP contribution >= 0.6 is 0 Å². The van der Waals surface area contributed by atoms with Gasteiger partial charge in [0.15, 0.2) is 17.6 Å². The van der Waals surface area contributed by atoms with Crippen molar-refractivity contribution in [3.8, 4) is 11.5 Å². The minimum Gasteiger partial charge on any atom is -0.492 e. The molecule has 722 valence electrons. The van der Waals surface area contributed by atoms with E-state index < -0.39 is 188 Å². The van der Waals surface area contributed by atoms with Crippen molar-refractivity contribution in [1.29, 1.82) is 0 Å². The van der Waals surface area contributed by atoms with Crippen LogP contribution in [0.5, 0.6) is 11.5 Å². The molecule has 0 aromatic heterocycles. The fourth-order valence-corrected chi connectivity index (χ4v) is 20.6. The lowest BCUT2D eigenvalue weighted by atomic mass is 9.79. The number of aliphatic carboxylic acids is 2. The van der Waals surface area contributed by atoms with Gasteiger partial charge in [-0.2, -0.15) is 47.7 Å². The molecule has 1 unspecified atom stereocenters. The number of ether oxygens (including phenoxy) is 2. The van der Waals surface area contributed by atoms with E-state index >= 15 is 0 Å². The number of nitrogens with zero attached hydrogens (tertiary/aromatic N) is 4. The maximum atomic E-state index is 14.1. The molecule has 6 aromatic rings. The molecule has 42 nitrogen and oxygen atoms in total. The summed E-state index contributed by atoms with van der Waals surface area (Å²) in [6, 6.07) is 16.4. The number of hydrogen-bond donors (Lipinski definition) is 17. The summed E-state index contributed by atoms with van der Waals surface area (Å²) in [5.74, 6) is -6.21. The zero-order valence-electron chi connectivity index (χ0n) is 73.4. The fourth-order valence-electron chi connectivity index (χ4n) is 15.8. The van der Waals surface area contributed by atoms with Crippen molar-refractivity contribution >= 4 is 153 Å². The van der Waals surface area contributed by atoms with E-state index in [1.54, 1.807) is 56.4 Å². The van der Waals surface area contributed by atoms with Crippen molar-refractivity contribution < 1.29 is 127 Å². The molecule has 133 heavy (non-hydrogen) atoms. The average Bonchev–Trinajstić information content (AvgIpc) is 1.59. The Hall–Kier alpha value is -11.6. The van der Waals surface area contributed by atoms with Crippen LogP contribution < -0.4 is 71.7 Å². The summed E-state index contributed by atoms with van der Waals surface area (Å²) in [6.07, 6.45) is 11.4. The number of hydrogen-bond acceptors (Lipinski definition) is 28. The number of carboxylic acid groups (broad SMARTS) is 2. The average molecular weight is 1970 g/mol. The number of anilines is 1. The number of aliphatic imine (C=N–C) groups is 2. The molecule has 0 fully saturated rings. The van der Waals surface area contributed by atoms with E-state index in [0.29, 0.717) is 115 Å². The molecule has 4 aliphatic heterocycles. The van der Waals surface area contributed by atoms with Gasteiger partial charge in [0.1, 0.15) is 59.2 Å². The van der Waals surface area contributed by atoms with Gasteiger partial charge in [-0.1, -0.05) is 57.4 Å². The van der Waals surface area contributed by atoms with Crippen LogP contribution in [0.4, 0.5) is 11.4 Å². The number of rotatable bonds is 48. The van der Waals surface area contributed by atoms with Gasteiger partial charge in [-0.25, -0.2) is 16.8 Å². The molecule has 10 rings (SSSR count). The van der Waals surface area contributed by atoms with E-state index in [2.05, 4.69) is 57.8 Å². The third-order valence-corrected chi connectivity index (χ3v) is 28.4. The molecular formula is C85H110N15O27S6+. The summed E-state index contributed by atoms with van der Waals surface area (Å²) < 4.78 is 214.